The van der Waals surface area contributed by atoms with Gasteiger partial charge in [-0.05, 0) is 18.9 Å². The Hall–Kier alpha value is -1.78. The van der Waals surface area contributed by atoms with Gasteiger partial charge in [0.2, 0.25) is 0 Å². The van der Waals surface area contributed by atoms with E-state index in [9.17, 15) is 9.59 Å². The summed E-state index contributed by atoms with van der Waals surface area (Å²) in [5.74, 6) is -2.26. The second kappa shape index (κ2) is 5.19. The second-order valence-electron chi connectivity index (χ2n) is 3.30. The summed E-state index contributed by atoms with van der Waals surface area (Å²) in [6.07, 6.45) is 5.52. The molecule has 82 valence electrons. The van der Waals surface area contributed by atoms with Crippen molar-refractivity contribution >= 4 is 11.9 Å². The normalized spacial score (nSPS) is 17.3. The molecule has 0 spiro atoms. The lowest BCUT2D eigenvalue weighted by Crippen LogP contribution is -2.14. The van der Waals surface area contributed by atoms with Crippen LogP contribution in [0.4, 0.5) is 0 Å². The molecule has 0 aromatic rings. The molecule has 1 aliphatic heterocycles. The third kappa shape index (κ3) is 3.84. The second-order valence-corrected chi connectivity index (χ2v) is 3.30. The number of nitrogens with zero attached hydrogens (tertiary/aromatic N) is 1. The first-order valence-electron chi connectivity index (χ1n) is 4.70. The molecule has 0 aromatic carbocycles. The lowest BCUT2D eigenvalue weighted by atomic mass is 10.2. The Morgan fingerprint density at radius 1 is 1.07 bits per heavy atom. The average Bonchev–Trinajstić information content (AvgIpc) is 2.63. The molecule has 2 N–H and O–H groups in total. The van der Waals surface area contributed by atoms with E-state index in [1.807, 2.05) is 4.90 Å². The van der Waals surface area contributed by atoms with E-state index < -0.39 is 11.9 Å². The van der Waals surface area contributed by atoms with E-state index in [1.54, 1.807) is 0 Å². The Morgan fingerprint density at radius 3 is 2.13 bits per heavy atom. The lowest BCUT2D eigenvalue weighted by molar-refractivity contribution is -0.132. The fourth-order valence-corrected chi connectivity index (χ4v) is 1.40. The van der Waals surface area contributed by atoms with Gasteiger partial charge in [-0.3, -0.25) is 0 Å². The fourth-order valence-electron chi connectivity index (χ4n) is 1.40. The van der Waals surface area contributed by atoms with Gasteiger partial charge in [-0.1, -0.05) is 0 Å². The highest BCUT2D eigenvalue weighted by Crippen LogP contribution is 2.10. The first-order valence-corrected chi connectivity index (χ1v) is 4.70. The summed E-state index contributed by atoms with van der Waals surface area (Å²) in [6, 6.07) is 0. The van der Waals surface area contributed by atoms with Crippen molar-refractivity contribution in [3.8, 4) is 0 Å². The molecule has 5 heteroatoms. The van der Waals surface area contributed by atoms with Gasteiger partial charge < -0.3 is 15.1 Å². The molecule has 1 heterocycles. The van der Waals surface area contributed by atoms with E-state index in [2.05, 4.69) is 0 Å². The first kappa shape index (κ1) is 11.3. The standard InChI is InChI=1S/C10H13NO4/c12-9(13)4-3-8(10(14)15)7-11-5-1-2-6-11/h3-4,7H,1-2,5-6H2,(H,12,13)(H,14,15). The van der Waals surface area contributed by atoms with Gasteiger partial charge in [0, 0.05) is 25.4 Å². The van der Waals surface area contributed by atoms with Crippen LogP contribution in [-0.4, -0.2) is 40.1 Å². The summed E-state index contributed by atoms with van der Waals surface area (Å²) in [7, 11) is 0. The zero-order valence-electron chi connectivity index (χ0n) is 8.22. The van der Waals surface area contributed by atoms with Gasteiger partial charge in [0.1, 0.15) is 0 Å². The van der Waals surface area contributed by atoms with E-state index in [4.69, 9.17) is 10.2 Å². The zero-order valence-corrected chi connectivity index (χ0v) is 8.22. The summed E-state index contributed by atoms with van der Waals surface area (Å²) in [5, 5.41) is 17.2. The van der Waals surface area contributed by atoms with E-state index in [0.29, 0.717) is 0 Å². The van der Waals surface area contributed by atoms with Gasteiger partial charge in [0.15, 0.2) is 0 Å². The van der Waals surface area contributed by atoms with Crippen LogP contribution in [-0.2, 0) is 9.59 Å². The first-order chi connectivity index (χ1) is 7.09. The highest BCUT2D eigenvalue weighted by atomic mass is 16.4. The minimum Gasteiger partial charge on any atom is -0.478 e. The molecule has 0 radical (unpaired) electrons. The largest absolute Gasteiger partial charge is 0.478 e. The number of hydrogen-bond acceptors (Lipinski definition) is 3. The van der Waals surface area contributed by atoms with Crippen molar-refractivity contribution in [2.24, 2.45) is 0 Å². The van der Waals surface area contributed by atoms with Crippen LogP contribution in [0.2, 0.25) is 0 Å². The van der Waals surface area contributed by atoms with Gasteiger partial charge in [-0.15, -0.1) is 0 Å². The van der Waals surface area contributed by atoms with Crippen molar-refractivity contribution in [2.45, 2.75) is 12.8 Å². The quantitative estimate of drug-likeness (QED) is 0.528. The van der Waals surface area contributed by atoms with Crippen LogP contribution in [0.3, 0.4) is 0 Å². The van der Waals surface area contributed by atoms with Crippen LogP contribution in [0.5, 0.6) is 0 Å². The summed E-state index contributed by atoms with van der Waals surface area (Å²) in [6.45, 7) is 1.66. The zero-order chi connectivity index (χ0) is 11.3. The summed E-state index contributed by atoms with van der Waals surface area (Å²) >= 11 is 0. The Morgan fingerprint density at radius 2 is 1.67 bits per heavy atom. The fraction of sp³-hybridized carbons (Fsp3) is 0.400. The van der Waals surface area contributed by atoms with Crippen LogP contribution >= 0.6 is 0 Å². The Labute approximate surface area is 87.3 Å². The highest BCUT2D eigenvalue weighted by molar-refractivity contribution is 5.92. The SMILES string of the molecule is O=C(O)C=CC(=CN1CCCC1)C(=O)O. The predicted molar refractivity (Wildman–Crippen MR) is 53.3 cm³/mol. The molecule has 0 bridgehead atoms. The molecule has 0 atom stereocenters. The van der Waals surface area contributed by atoms with Crippen molar-refractivity contribution < 1.29 is 19.8 Å². The molecule has 0 aromatic heterocycles. The van der Waals surface area contributed by atoms with E-state index in [0.717, 1.165) is 38.1 Å². The lowest BCUT2D eigenvalue weighted by Gasteiger charge is -2.11. The number of aliphatic carboxylic acids is 2. The van der Waals surface area contributed by atoms with Gasteiger partial charge in [0.05, 0.1) is 5.57 Å². The molecule has 15 heavy (non-hydrogen) atoms. The molecule has 0 unspecified atom stereocenters. The molecular weight excluding hydrogens is 198 g/mol. The number of hydrogen-bond donors (Lipinski definition) is 2. The number of likely N-dealkylation sites (tertiary alicyclic amines) is 1. The molecular formula is C10H13NO4. The Kier molecular flexibility index (Phi) is 3.91. The molecule has 0 aliphatic carbocycles. The highest BCUT2D eigenvalue weighted by Gasteiger charge is 2.11. The van der Waals surface area contributed by atoms with Gasteiger partial charge >= 0.3 is 11.9 Å². The van der Waals surface area contributed by atoms with Crippen LogP contribution in [0.1, 0.15) is 12.8 Å². The molecule has 1 rings (SSSR count). The average molecular weight is 211 g/mol. The van der Waals surface area contributed by atoms with Crippen molar-refractivity contribution in [1.29, 1.82) is 0 Å². The minimum atomic E-state index is -1.15. The van der Waals surface area contributed by atoms with E-state index in [-0.39, 0.29) is 5.57 Å². The summed E-state index contributed by atoms with van der Waals surface area (Å²) in [5.41, 5.74) is -0.000648. The van der Waals surface area contributed by atoms with Crippen molar-refractivity contribution in [2.75, 3.05) is 13.1 Å². The molecule has 1 aliphatic rings. The summed E-state index contributed by atoms with van der Waals surface area (Å²) < 4.78 is 0. The maximum atomic E-state index is 10.8. The minimum absolute atomic E-state index is 0.000648. The number of rotatable bonds is 4. The third-order valence-corrected chi connectivity index (χ3v) is 2.11. The van der Waals surface area contributed by atoms with Crippen molar-refractivity contribution in [3.63, 3.8) is 0 Å². The van der Waals surface area contributed by atoms with E-state index >= 15 is 0 Å². The Balaban J connectivity index is 2.72. The molecule has 5 nitrogen and oxygen atoms in total. The molecule has 0 saturated carbocycles. The maximum absolute atomic E-state index is 10.8. The van der Waals surface area contributed by atoms with Crippen LogP contribution < -0.4 is 0 Å². The number of carboxylic acids is 2. The van der Waals surface area contributed by atoms with E-state index in [1.165, 1.54) is 6.20 Å². The van der Waals surface area contributed by atoms with Crippen LogP contribution in [0.25, 0.3) is 0 Å². The predicted octanol–water partition coefficient (Wildman–Crippen LogP) is 0.692. The summed E-state index contributed by atoms with van der Waals surface area (Å²) in [4.78, 5) is 22.9. The molecule has 1 fully saturated rings. The van der Waals surface area contributed by atoms with Crippen molar-refractivity contribution in [3.05, 3.63) is 23.9 Å². The van der Waals surface area contributed by atoms with Gasteiger partial charge in [0.25, 0.3) is 0 Å². The van der Waals surface area contributed by atoms with Crippen LogP contribution in [0.15, 0.2) is 23.9 Å². The van der Waals surface area contributed by atoms with Crippen molar-refractivity contribution in [1.82, 2.24) is 4.90 Å². The monoisotopic (exact) mass is 211 g/mol. The smallest absolute Gasteiger partial charge is 0.337 e. The number of carbonyl (C=O) groups is 2. The molecule has 0 amide bonds. The Bertz CT molecular complexity index is 313. The third-order valence-electron chi connectivity index (χ3n) is 2.11. The van der Waals surface area contributed by atoms with Gasteiger partial charge in [-0.25, -0.2) is 9.59 Å². The van der Waals surface area contributed by atoms with Gasteiger partial charge in [-0.2, -0.15) is 0 Å². The maximum Gasteiger partial charge on any atom is 0.337 e. The topological polar surface area (TPSA) is 77.8 Å². The number of carboxylic acid groups (broad SMARTS) is 2. The van der Waals surface area contributed by atoms with Crippen LogP contribution in [0, 0.1) is 0 Å². The molecule has 1 saturated heterocycles.